The van der Waals surface area contributed by atoms with Crippen molar-refractivity contribution < 1.29 is 9.32 Å². The van der Waals surface area contributed by atoms with Gasteiger partial charge in [0.1, 0.15) is 0 Å². The normalized spacial score (nSPS) is 16.5. The first kappa shape index (κ1) is 26.7. The minimum absolute atomic E-state index is 0.0255. The molecule has 0 aliphatic carbocycles. The second kappa shape index (κ2) is 12.3. The SMILES string of the molecule is O=C(NCc1cccc(CN2CCc3ccccc3C2)c1)C1CCN(Cc2nc(-c3cccc(Cl)c3)no2)CC1. The summed E-state index contributed by atoms with van der Waals surface area (Å²) in [7, 11) is 0. The number of hydrogen-bond acceptors (Lipinski definition) is 6. The van der Waals surface area contributed by atoms with Gasteiger partial charge in [-0.3, -0.25) is 14.6 Å². The van der Waals surface area contributed by atoms with Gasteiger partial charge in [-0.25, -0.2) is 0 Å². The lowest BCUT2D eigenvalue weighted by Gasteiger charge is -2.30. The molecule has 1 saturated heterocycles. The number of nitrogens with one attached hydrogen (secondary N) is 1. The molecule has 0 saturated carbocycles. The maximum Gasteiger partial charge on any atom is 0.241 e. The van der Waals surface area contributed by atoms with Gasteiger partial charge in [-0.15, -0.1) is 0 Å². The van der Waals surface area contributed by atoms with Crippen LogP contribution in [0.2, 0.25) is 5.02 Å². The Bertz CT molecular complexity index is 1460. The molecule has 0 unspecified atom stereocenters. The van der Waals surface area contributed by atoms with Crippen LogP contribution in [-0.2, 0) is 37.4 Å². The van der Waals surface area contributed by atoms with E-state index in [2.05, 4.69) is 73.8 Å². The first-order chi connectivity index (χ1) is 19.6. The van der Waals surface area contributed by atoms with Crippen LogP contribution in [0, 0.1) is 5.92 Å². The zero-order chi connectivity index (χ0) is 27.3. The van der Waals surface area contributed by atoms with E-state index in [9.17, 15) is 4.79 Å². The molecule has 0 spiro atoms. The molecule has 0 bridgehead atoms. The summed E-state index contributed by atoms with van der Waals surface area (Å²) < 4.78 is 5.47. The molecule has 0 radical (unpaired) electrons. The summed E-state index contributed by atoms with van der Waals surface area (Å²) in [5.74, 6) is 1.28. The molecular formula is C32H34ClN5O2. The van der Waals surface area contributed by atoms with Gasteiger partial charge in [-0.2, -0.15) is 4.98 Å². The van der Waals surface area contributed by atoms with Gasteiger partial charge < -0.3 is 9.84 Å². The number of piperidine rings is 1. The monoisotopic (exact) mass is 555 g/mol. The Hall–Kier alpha value is -3.52. The molecule has 1 amide bonds. The highest BCUT2D eigenvalue weighted by Crippen LogP contribution is 2.23. The van der Waals surface area contributed by atoms with Gasteiger partial charge in [0.25, 0.3) is 0 Å². The Balaban J connectivity index is 0.952. The summed E-state index contributed by atoms with van der Waals surface area (Å²) in [6.07, 6.45) is 2.74. The van der Waals surface area contributed by atoms with Crippen molar-refractivity contribution in [2.24, 2.45) is 5.92 Å². The summed E-state index contributed by atoms with van der Waals surface area (Å²) in [6, 6.07) is 24.8. The minimum atomic E-state index is 0.0255. The Morgan fingerprint density at radius 2 is 1.70 bits per heavy atom. The predicted molar refractivity (Wildman–Crippen MR) is 155 cm³/mol. The maximum atomic E-state index is 13.0. The Morgan fingerprint density at radius 1 is 0.900 bits per heavy atom. The number of nitrogens with zero attached hydrogens (tertiary/aromatic N) is 4. The van der Waals surface area contributed by atoms with Gasteiger partial charge in [-0.1, -0.05) is 77.4 Å². The van der Waals surface area contributed by atoms with Crippen molar-refractivity contribution in [1.29, 1.82) is 0 Å². The van der Waals surface area contributed by atoms with Gasteiger partial charge in [0.05, 0.1) is 6.54 Å². The molecule has 7 nitrogen and oxygen atoms in total. The predicted octanol–water partition coefficient (Wildman–Crippen LogP) is 5.48. The van der Waals surface area contributed by atoms with Crippen LogP contribution in [0.5, 0.6) is 0 Å². The second-order valence-electron chi connectivity index (χ2n) is 10.8. The summed E-state index contributed by atoms with van der Waals surface area (Å²) in [4.78, 5) is 22.2. The zero-order valence-electron chi connectivity index (χ0n) is 22.6. The fourth-order valence-electron chi connectivity index (χ4n) is 5.73. The third-order valence-corrected chi connectivity index (χ3v) is 8.18. The number of aromatic nitrogens is 2. The Kier molecular flexibility index (Phi) is 8.23. The Morgan fingerprint density at radius 3 is 2.55 bits per heavy atom. The lowest BCUT2D eigenvalue weighted by atomic mass is 9.95. The molecule has 3 aromatic carbocycles. The van der Waals surface area contributed by atoms with Crippen LogP contribution in [0.15, 0.2) is 77.3 Å². The van der Waals surface area contributed by atoms with Crippen molar-refractivity contribution in [2.45, 2.75) is 45.4 Å². The minimum Gasteiger partial charge on any atom is -0.352 e. The molecule has 1 N–H and O–H groups in total. The summed E-state index contributed by atoms with van der Waals surface area (Å²) in [5.41, 5.74) is 6.17. The van der Waals surface area contributed by atoms with E-state index >= 15 is 0 Å². The van der Waals surface area contributed by atoms with Crippen LogP contribution < -0.4 is 5.32 Å². The number of carbonyl (C=O) groups excluding carboxylic acids is 1. The molecule has 1 fully saturated rings. The number of fused-ring (bicyclic) bond motifs is 1. The topological polar surface area (TPSA) is 74.5 Å². The van der Waals surface area contributed by atoms with Gasteiger partial charge in [-0.05, 0) is 66.7 Å². The van der Waals surface area contributed by atoms with E-state index in [0.717, 1.165) is 63.1 Å². The zero-order valence-corrected chi connectivity index (χ0v) is 23.3. The standard InChI is InChI=1S/C32H34ClN5O2/c33-29-10-4-9-27(18-29)31-35-30(40-36-31)22-37-14-12-26(13-15-37)32(39)34-19-23-5-3-6-24(17-23)20-38-16-11-25-7-1-2-8-28(25)21-38/h1-10,17-18,26H,11-16,19-22H2,(H,34,39). The van der Waals surface area contributed by atoms with Crippen LogP contribution in [0.4, 0.5) is 0 Å². The number of hydrogen-bond donors (Lipinski definition) is 1. The van der Waals surface area contributed by atoms with E-state index in [1.807, 2.05) is 24.3 Å². The molecule has 8 heteroatoms. The summed E-state index contributed by atoms with van der Waals surface area (Å²) in [5, 5.41) is 7.92. The van der Waals surface area contributed by atoms with Crippen LogP contribution in [0.25, 0.3) is 11.4 Å². The number of halogens is 1. The van der Waals surface area contributed by atoms with Gasteiger partial charge in [0.2, 0.25) is 17.6 Å². The first-order valence-electron chi connectivity index (χ1n) is 14.0. The lowest BCUT2D eigenvalue weighted by Crippen LogP contribution is -2.40. The highest BCUT2D eigenvalue weighted by Gasteiger charge is 2.26. The molecule has 6 rings (SSSR count). The number of rotatable bonds is 8. The third-order valence-electron chi connectivity index (χ3n) is 7.94. The second-order valence-corrected chi connectivity index (χ2v) is 11.3. The molecule has 2 aliphatic rings. The fourth-order valence-corrected chi connectivity index (χ4v) is 5.92. The van der Waals surface area contributed by atoms with E-state index in [1.54, 1.807) is 0 Å². The van der Waals surface area contributed by atoms with Gasteiger partial charge in [0, 0.05) is 42.7 Å². The molecule has 4 aromatic rings. The number of carbonyl (C=O) groups is 1. The molecule has 206 valence electrons. The van der Waals surface area contributed by atoms with Crippen LogP contribution in [0.3, 0.4) is 0 Å². The largest absolute Gasteiger partial charge is 0.352 e. The molecule has 1 aromatic heterocycles. The van der Waals surface area contributed by atoms with Crippen molar-refractivity contribution in [3.63, 3.8) is 0 Å². The van der Waals surface area contributed by atoms with Crippen molar-refractivity contribution in [1.82, 2.24) is 25.3 Å². The van der Waals surface area contributed by atoms with E-state index in [4.69, 9.17) is 16.1 Å². The fraction of sp³-hybridized carbons (Fsp3) is 0.344. The van der Waals surface area contributed by atoms with E-state index in [-0.39, 0.29) is 11.8 Å². The van der Waals surface area contributed by atoms with Crippen LogP contribution in [0.1, 0.15) is 41.0 Å². The maximum absolute atomic E-state index is 13.0. The third kappa shape index (κ3) is 6.61. The van der Waals surface area contributed by atoms with Gasteiger partial charge in [0.15, 0.2) is 0 Å². The van der Waals surface area contributed by atoms with E-state index < -0.39 is 0 Å². The average molecular weight is 556 g/mol. The van der Waals surface area contributed by atoms with Crippen LogP contribution >= 0.6 is 11.6 Å². The molecule has 0 atom stereocenters. The molecular weight excluding hydrogens is 522 g/mol. The highest BCUT2D eigenvalue weighted by molar-refractivity contribution is 6.30. The van der Waals surface area contributed by atoms with Crippen molar-refractivity contribution in [3.8, 4) is 11.4 Å². The average Bonchev–Trinajstić information content (AvgIpc) is 3.45. The van der Waals surface area contributed by atoms with Crippen molar-refractivity contribution in [3.05, 3.63) is 106 Å². The van der Waals surface area contributed by atoms with E-state index in [1.165, 1.54) is 16.7 Å². The summed E-state index contributed by atoms with van der Waals surface area (Å²) in [6.45, 7) is 5.77. The molecule has 3 heterocycles. The smallest absolute Gasteiger partial charge is 0.241 e. The van der Waals surface area contributed by atoms with Crippen molar-refractivity contribution >= 4 is 17.5 Å². The van der Waals surface area contributed by atoms with E-state index in [0.29, 0.717) is 29.8 Å². The molecule has 2 aliphatic heterocycles. The molecule has 40 heavy (non-hydrogen) atoms. The Labute approximate surface area is 240 Å². The summed E-state index contributed by atoms with van der Waals surface area (Å²) >= 11 is 6.08. The highest BCUT2D eigenvalue weighted by atomic mass is 35.5. The number of amides is 1. The van der Waals surface area contributed by atoms with Crippen LogP contribution in [-0.4, -0.2) is 45.5 Å². The first-order valence-corrected chi connectivity index (χ1v) is 14.4. The quantitative estimate of drug-likeness (QED) is 0.310. The number of benzene rings is 3. The van der Waals surface area contributed by atoms with Gasteiger partial charge >= 0.3 is 0 Å². The number of likely N-dealkylation sites (tertiary alicyclic amines) is 1. The lowest BCUT2D eigenvalue weighted by molar-refractivity contribution is -0.126. The van der Waals surface area contributed by atoms with Crippen molar-refractivity contribution in [2.75, 3.05) is 19.6 Å².